The van der Waals surface area contributed by atoms with Crippen LogP contribution in [0.3, 0.4) is 0 Å². The number of nitrogens with zero attached hydrogens (tertiary/aromatic N) is 1. The van der Waals surface area contributed by atoms with Crippen molar-refractivity contribution in [2.75, 3.05) is 20.2 Å². The van der Waals surface area contributed by atoms with Crippen LogP contribution in [0.1, 0.15) is 19.4 Å². The van der Waals surface area contributed by atoms with Gasteiger partial charge in [0.2, 0.25) is 0 Å². The van der Waals surface area contributed by atoms with Gasteiger partial charge in [-0.25, -0.2) is 4.79 Å². The Morgan fingerprint density at radius 1 is 1.05 bits per heavy atom. The minimum absolute atomic E-state index is 0.230. The quantitative estimate of drug-likeness (QED) is 0.765. The van der Waals surface area contributed by atoms with Crippen molar-refractivity contribution in [1.29, 1.82) is 0 Å². The average molecular weight is 287 g/mol. The summed E-state index contributed by atoms with van der Waals surface area (Å²) in [5.41, 5.74) is 0.949. The van der Waals surface area contributed by atoms with Gasteiger partial charge < -0.3 is 9.57 Å². The number of methoxy groups -OCH3 is 1. The first kappa shape index (κ1) is 15.3. The summed E-state index contributed by atoms with van der Waals surface area (Å²) < 4.78 is 5.21. The second-order valence-corrected chi connectivity index (χ2v) is 4.80. The third-order valence-electron chi connectivity index (χ3n) is 3.40. The number of carbonyl (C=O) groups is 1. The second kappa shape index (κ2) is 7.09. The Morgan fingerprint density at radius 2 is 1.71 bits per heavy atom. The van der Waals surface area contributed by atoms with E-state index in [0.717, 1.165) is 22.1 Å². The molecule has 0 aliphatic heterocycles. The van der Waals surface area contributed by atoms with E-state index in [1.807, 2.05) is 50.2 Å². The van der Waals surface area contributed by atoms with Gasteiger partial charge in [0.25, 0.3) is 0 Å². The van der Waals surface area contributed by atoms with Gasteiger partial charge in [-0.05, 0) is 42.3 Å². The van der Waals surface area contributed by atoms with Gasteiger partial charge in [0, 0.05) is 13.1 Å². The standard InChI is InChI=1S/C17H21NO3/c1-4-18(5-2)21-17(19)11-13-6-7-15-12-16(20-3)9-8-14(15)10-13/h6-10,12H,4-5,11H2,1-3H3. The number of benzene rings is 2. The van der Waals surface area contributed by atoms with Crippen molar-refractivity contribution in [3.8, 4) is 5.75 Å². The number of rotatable bonds is 6. The smallest absolute Gasteiger partial charge is 0.329 e. The molecule has 4 heteroatoms. The normalized spacial score (nSPS) is 10.9. The van der Waals surface area contributed by atoms with E-state index in [1.165, 1.54) is 0 Å². The molecule has 0 amide bonds. The van der Waals surface area contributed by atoms with Gasteiger partial charge in [-0.2, -0.15) is 0 Å². The molecule has 0 atom stereocenters. The number of ether oxygens (including phenoxy) is 1. The van der Waals surface area contributed by atoms with Crippen LogP contribution < -0.4 is 4.74 Å². The van der Waals surface area contributed by atoms with Crippen LogP contribution in [0.2, 0.25) is 0 Å². The van der Waals surface area contributed by atoms with Crippen molar-refractivity contribution in [1.82, 2.24) is 5.06 Å². The Morgan fingerprint density at radius 3 is 2.38 bits per heavy atom. The van der Waals surface area contributed by atoms with E-state index in [0.29, 0.717) is 13.1 Å². The van der Waals surface area contributed by atoms with Crippen LogP contribution >= 0.6 is 0 Å². The molecule has 0 fully saturated rings. The van der Waals surface area contributed by atoms with Crippen molar-refractivity contribution in [2.24, 2.45) is 0 Å². The summed E-state index contributed by atoms with van der Waals surface area (Å²) in [6, 6.07) is 11.8. The van der Waals surface area contributed by atoms with Crippen LogP contribution in [0.4, 0.5) is 0 Å². The topological polar surface area (TPSA) is 38.8 Å². The molecule has 0 saturated carbocycles. The molecule has 21 heavy (non-hydrogen) atoms. The van der Waals surface area contributed by atoms with E-state index in [2.05, 4.69) is 0 Å². The Kier molecular flexibility index (Phi) is 5.17. The molecular weight excluding hydrogens is 266 g/mol. The fourth-order valence-electron chi connectivity index (χ4n) is 2.21. The molecule has 4 nitrogen and oxygen atoms in total. The zero-order valence-electron chi connectivity index (χ0n) is 12.8. The molecule has 2 aromatic carbocycles. The number of carbonyl (C=O) groups excluding carboxylic acids is 1. The predicted molar refractivity (Wildman–Crippen MR) is 83.2 cm³/mol. The lowest BCUT2D eigenvalue weighted by Crippen LogP contribution is -2.27. The number of hydroxylamine groups is 2. The predicted octanol–water partition coefficient (Wildman–Crippen LogP) is 3.19. The molecule has 0 spiro atoms. The Labute approximate surface area is 125 Å². The molecule has 0 radical (unpaired) electrons. The summed E-state index contributed by atoms with van der Waals surface area (Å²) in [6.07, 6.45) is 0.276. The maximum Gasteiger partial charge on any atom is 0.329 e. The first-order chi connectivity index (χ1) is 10.2. The third-order valence-corrected chi connectivity index (χ3v) is 3.40. The molecule has 0 saturated heterocycles. The lowest BCUT2D eigenvalue weighted by Gasteiger charge is -2.17. The summed E-state index contributed by atoms with van der Waals surface area (Å²) in [4.78, 5) is 17.2. The maximum absolute atomic E-state index is 11.9. The fourth-order valence-corrected chi connectivity index (χ4v) is 2.21. The molecule has 0 heterocycles. The number of hydrogen-bond donors (Lipinski definition) is 0. The third kappa shape index (κ3) is 3.95. The Bertz CT molecular complexity index is 620. The lowest BCUT2D eigenvalue weighted by atomic mass is 10.0. The van der Waals surface area contributed by atoms with Crippen molar-refractivity contribution >= 4 is 16.7 Å². The first-order valence-electron chi connectivity index (χ1n) is 7.18. The molecule has 112 valence electrons. The zero-order chi connectivity index (χ0) is 15.2. The van der Waals surface area contributed by atoms with Gasteiger partial charge in [0.15, 0.2) is 0 Å². The van der Waals surface area contributed by atoms with Crippen LogP contribution in [0.5, 0.6) is 5.75 Å². The highest BCUT2D eigenvalue weighted by atomic mass is 16.7. The lowest BCUT2D eigenvalue weighted by molar-refractivity contribution is -0.187. The fraction of sp³-hybridized carbons (Fsp3) is 0.353. The second-order valence-electron chi connectivity index (χ2n) is 4.80. The summed E-state index contributed by atoms with van der Waals surface area (Å²) in [5.74, 6) is 0.600. The number of hydrogen-bond acceptors (Lipinski definition) is 4. The van der Waals surface area contributed by atoms with E-state index < -0.39 is 0 Å². The Hall–Kier alpha value is -2.07. The van der Waals surface area contributed by atoms with Crippen LogP contribution in [0.15, 0.2) is 36.4 Å². The van der Waals surface area contributed by atoms with Crippen LogP contribution in [0.25, 0.3) is 10.8 Å². The molecule has 2 rings (SSSR count). The van der Waals surface area contributed by atoms with Crippen molar-refractivity contribution in [3.63, 3.8) is 0 Å². The van der Waals surface area contributed by atoms with Crippen molar-refractivity contribution in [2.45, 2.75) is 20.3 Å². The van der Waals surface area contributed by atoms with Crippen LogP contribution in [0, 0.1) is 0 Å². The summed E-state index contributed by atoms with van der Waals surface area (Å²) in [7, 11) is 1.65. The summed E-state index contributed by atoms with van der Waals surface area (Å²) in [5, 5.41) is 3.83. The molecule has 0 unspecified atom stereocenters. The van der Waals surface area contributed by atoms with Gasteiger partial charge in [-0.15, -0.1) is 5.06 Å². The van der Waals surface area contributed by atoms with E-state index in [-0.39, 0.29) is 12.4 Å². The highest BCUT2D eigenvalue weighted by molar-refractivity contribution is 5.85. The minimum atomic E-state index is -0.230. The van der Waals surface area contributed by atoms with Crippen molar-refractivity contribution < 1.29 is 14.4 Å². The highest BCUT2D eigenvalue weighted by Gasteiger charge is 2.10. The van der Waals surface area contributed by atoms with E-state index in [4.69, 9.17) is 9.57 Å². The molecule has 0 aliphatic rings. The van der Waals surface area contributed by atoms with Gasteiger partial charge in [0.1, 0.15) is 5.75 Å². The monoisotopic (exact) mass is 287 g/mol. The highest BCUT2D eigenvalue weighted by Crippen LogP contribution is 2.22. The van der Waals surface area contributed by atoms with Gasteiger partial charge in [-0.1, -0.05) is 24.3 Å². The molecular formula is C17H21NO3. The average Bonchev–Trinajstić information content (AvgIpc) is 2.52. The summed E-state index contributed by atoms with van der Waals surface area (Å²) >= 11 is 0. The molecule has 0 bridgehead atoms. The van der Waals surface area contributed by atoms with Gasteiger partial charge in [-0.3, -0.25) is 0 Å². The molecule has 0 aliphatic carbocycles. The van der Waals surface area contributed by atoms with Crippen LogP contribution in [-0.4, -0.2) is 31.2 Å². The first-order valence-corrected chi connectivity index (χ1v) is 7.18. The van der Waals surface area contributed by atoms with E-state index >= 15 is 0 Å². The van der Waals surface area contributed by atoms with E-state index in [9.17, 15) is 4.79 Å². The number of fused-ring (bicyclic) bond motifs is 1. The van der Waals surface area contributed by atoms with Gasteiger partial charge in [0.05, 0.1) is 13.5 Å². The van der Waals surface area contributed by atoms with Gasteiger partial charge >= 0.3 is 5.97 Å². The largest absolute Gasteiger partial charge is 0.497 e. The van der Waals surface area contributed by atoms with Crippen LogP contribution in [-0.2, 0) is 16.1 Å². The molecule has 0 aromatic heterocycles. The minimum Gasteiger partial charge on any atom is -0.497 e. The maximum atomic E-state index is 11.9. The van der Waals surface area contributed by atoms with E-state index in [1.54, 1.807) is 12.2 Å². The van der Waals surface area contributed by atoms with Crippen molar-refractivity contribution in [3.05, 3.63) is 42.0 Å². The zero-order valence-corrected chi connectivity index (χ0v) is 12.8. The summed E-state index contributed by atoms with van der Waals surface area (Å²) in [6.45, 7) is 5.31. The SMILES string of the molecule is CCN(CC)OC(=O)Cc1ccc2cc(OC)ccc2c1. The molecule has 2 aromatic rings. The molecule has 0 N–H and O–H groups in total. The Balaban J connectivity index is 2.10.